The van der Waals surface area contributed by atoms with Gasteiger partial charge in [0.2, 0.25) is 5.76 Å². The monoisotopic (exact) mass is 427 g/mol. The first kappa shape index (κ1) is 19.9. The van der Waals surface area contributed by atoms with Crippen LogP contribution in [0.1, 0.15) is 38.9 Å². The maximum Gasteiger partial charge on any atom is 0.291 e. The lowest BCUT2D eigenvalue weighted by Gasteiger charge is -2.25. The van der Waals surface area contributed by atoms with Crippen molar-refractivity contribution in [1.29, 1.82) is 0 Å². The van der Waals surface area contributed by atoms with E-state index in [0.29, 0.717) is 16.5 Å². The minimum Gasteiger partial charge on any atom is -0.508 e. The van der Waals surface area contributed by atoms with Crippen molar-refractivity contribution in [3.63, 3.8) is 0 Å². The van der Waals surface area contributed by atoms with Gasteiger partial charge in [-0.3, -0.25) is 9.59 Å². The van der Waals surface area contributed by atoms with Gasteiger partial charge in [0.05, 0.1) is 24.1 Å². The van der Waals surface area contributed by atoms with Crippen molar-refractivity contribution in [2.75, 3.05) is 7.11 Å². The fourth-order valence-electron chi connectivity index (χ4n) is 4.23. The van der Waals surface area contributed by atoms with Gasteiger partial charge in [0.1, 0.15) is 17.1 Å². The molecule has 5 rings (SSSR count). The molecule has 4 aromatic rings. The first-order valence-corrected chi connectivity index (χ1v) is 10.3. The summed E-state index contributed by atoms with van der Waals surface area (Å²) in [7, 11) is 1.60. The van der Waals surface area contributed by atoms with E-state index in [9.17, 15) is 14.7 Å². The molecule has 0 spiro atoms. The largest absolute Gasteiger partial charge is 0.508 e. The molecule has 0 fully saturated rings. The van der Waals surface area contributed by atoms with Gasteiger partial charge in [-0.15, -0.1) is 0 Å². The molecule has 1 aliphatic rings. The molecule has 2 heterocycles. The van der Waals surface area contributed by atoms with Gasteiger partial charge in [-0.05, 0) is 54.4 Å². The normalized spacial score (nSPS) is 15.2. The molecule has 1 N–H and O–H groups in total. The Morgan fingerprint density at radius 2 is 1.72 bits per heavy atom. The topological polar surface area (TPSA) is 80.0 Å². The predicted octanol–water partition coefficient (Wildman–Crippen LogP) is 4.56. The second-order valence-corrected chi connectivity index (χ2v) is 7.95. The van der Waals surface area contributed by atoms with Crippen molar-refractivity contribution in [2.45, 2.75) is 19.5 Å². The van der Waals surface area contributed by atoms with E-state index in [1.165, 1.54) is 0 Å². The standard InChI is InChI=1S/C26H21NO5/c1-15-3-12-21-20(13-15)24(29)22-23(17-6-8-18(28)9-7-17)27(26(30)25(22)32-21)14-16-4-10-19(31-2)11-5-16/h3-13,23,28H,14H2,1-2H3/t23-/m1/s1. The molecular formula is C26H21NO5. The van der Waals surface area contributed by atoms with Gasteiger partial charge in [-0.1, -0.05) is 35.9 Å². The van der Waals surface area contributed by atoms with Crippen LogP contribution in [0.5, 0.6) is 11.5 Å². The Balaban J connectivity index is 1.68. The van der Waals surface area contributed by atoms with E-state index in [1.54, 1.807) is 48.4 Å². The molecule has 0 saturated heterocycles. The zero-order valence-corrected chi connectivity index (χ0v) is 17.7. The molecule has 1 amide bonds. The molecule has 1 aromatic heterocycles. The SMILES string of the molecule is COc1ccc(CN2C(=O)c3oc4ccc(C)cc4c(=O)c3[C@H]2c2ccc(O)cc2)cc1. The van der Waals surface area contributed by atoms with Crippen LogP contribution in [-0.4, -0.2) is 23.0 Å². The lowest BCUT2D eigenvalue weighted by Crippen LogP contribution is -2.29. The van der Waals surface area contributed by atoms with Crippen molar-refractivity contribution in [1.82, 2.24) is 4.90 Å². The number of phenolic OH excluding ortho intramolecular Hbond substituents is 1. The molecule has 1 atom stereocenters. The van der Waals surface area contributed by atoms with Crippen LogP contribution < -0.4 is 10.2 Å². The molecular weight excluding hydrogens is 406 g/mol. The Morgan fingerprint density at radius 3 is 2.41 bits per heavy atom. The fraction of sp³-hybridized carbons (Fsp3) is 0.154. The minimum atomic E-state index is -0.624. The third-order valence-electron chi connectivity index (χ3n) is 5.84. The summed E-state index contributed by atoms with van der Waals surface area (Å²) in [6.07, 6.45) is 0. The van der Waals surface area contributed by atoms with E-state index >= 15 is 0 Å². The number of rotatable bonds is 4. The number of amides is 1. The van der Waals surface area contributed by atoms with Gasteiger partial charge in [0.15, 0.2) is 5.43 Å². The molecule has 0 aliphatic carbocycles. The average Bonchev–Trinajstić information content (AvgIpc) is 3.07. The van der Waals surface area contributed by atoms with Crippen LogP contribution in [0.25, 0.3) is 11.0 Å². The maximum atomic E-state index is 13.5. The highest BCUT2D eigenvalue weighted by Gasteiger charge is 2.42. The molecule has 1 aliphatic heterocycles. The first-order chi connectivity index (χ1) is 15.5. The first-order valence-electron chi connectivity index (χ1n) is 10.3. The van der Waals surface area contributed by atoms with Crippen LogP contribution in [0.2, 0.25) is 0 Å². The number of carbonyl (C=O) groups is 1. The summed E-state index contributed by atoms with van der Waals surface area (Å²) in [5.41, 5.74) is 3.06. The summed E-state index contributed by atoms with van der Waals surface area (Å²) >= 11 is 0. The van der Waals surface area contributed by atoms with E-state index in [1.807, 2.05) is 37.3 Å². The van der Waals surface area contributed by atoms with Crippen molar-refractivity contribution < 1.29 is 19.1 Å². The van der Waals surface area contributed by atoms with Crippen LogP contribution in [0.3, 0.4) is 0 Å². The molecule has 6 heteroatoms. The number of nitrogens with zero attached hydrogens (tertiary/aromatic N) is 1. The predicted molar refractivity (Wildman–Crippen MR) is 120 cm³/mol. The van der Waals surface area contributed by atoms with E-state index in [2.05, 4.69) is 0 Å². The minimum absolute atomic E-state index is 0.0675. The number of carbonyl (C=O) groups excluding carboxylic acids is 1. The lowest BCUT2D eigenvalue weighted by molar-refractivity contribution is 0.0714. The number of aryl methyl sites for hydroxylation is 1. The Hall–Kier alpha value is -4.06. The van der Waals surface area contributed by atoms with Crippen LogP contribution in [0, 0.1) is 6.92 Å². The zero-order chi connectivity index (χ0) is 22.4. The Labute approximate surface area is 184 Å². The van der Waals surface area contributed by atoms with Crippen LogP contribution in [0.15, 0.2) is 75.9 Å². The molecule has 32 heavy (non-hydrogen) atoms. The van der Waals surface area contributed by atoms with Crippen LogP contribution in [0.4, 0.5) is 0 Å². The van der Waals surface area contributed by atoms with Crippen LogP contribution >= 0.6 is 0 Å². The average molecular weight is 427 g/mol. The molecule has 160 valence electrons. The highest BCUT2D eigenvalue weighted by Crippen LogP contribution is 2.39. The van der Waals surface area contributed by atoms with Crippen molar-refractivity contribution in [2.24, 2.45) is 0 Å². The number of fused-ring (bicyclic) bond motifs is 2. The number of hydrogen-bond acceptors (Lipinski definition) is 5. The third kappa shape index (κ3) is 3.21. The summed E-state index contributed by atoms with van der Waals surface area (Å²) in [6, 6.07) is 18.7. The van der Waals surface area contributed by atoms with Crippen LogP contribution in [-0.2, 0) is 6.54 Å². The van der Waals surface area contributed by atoms with Gasteiger partial charge >= 0.3 is 0 Å². The third-order valence-corrected chi connectivity index (χ3v) is 5.84. The Morgan fingerprint density at radius 1 is 1.00 bits per heavy atom. The fourth-order valence-corrected chi connectivity index (χ4v) is 4.23. The smallest absolute Gasteiger partial charge is 0.291 e. The van der Waals surface area contributed by atoms with E-state index in [-0.39, 0.29) is 29.4 Å². The Kier molecular flexibility index (Phi) is 4.70. The van der Waals surface area contributed by atoms with E-state index < -0.39 is 6.04 Å². The number of methoxy groups -OCH3 is 1. The van der Waals surface area contributed by atoms with E-state index in [0.717, 1.165) is 22.4 Å². The van der Waals surface area contributed by atoms with Crippen molar-refractivity contribution in [3.8, 4) is 11.5 Å². The summed E-state index contributed by atoms with van der Waals surface area (Å²) in [4.78, 5) is 28.6. The number of ether oxygens (including phenoxy) is 1. The van der Waals surface area contributed by atoms with Crippen molar-refractivity contribution in [3.05, 3.63) is 105 Å². The maximum absolute atomic E-state index is 13.5. The summed E-state index contributed by atoms with van der Waals surface area (Å²) in [6.45, 7) is 2.19. The van der Waals surface area contributed by atoms with Gasteiger partial charge in [-0.25, -0.2) is 0 Å². The van der Waals surface area contributed by atoms with Gasteiger partial charge in [-0.2, -0.15) is 0 Å². The molecule has 6 nitrogen and oxygen atoms in total. The highest BCUT2D eigenvalue weighted by molar-refractivity contribution is 5.99. The highest BCUT2D eigenvalue weighted by atomic mass is 16.5. The number of phenols is 1. The molecule has 0 bridgehead atoms. The molecule has 0 saturated carbocycles. The quantitative estimate of drug-likeness (QED) is 0.516. The van der Waals surface area contributed by atoms with Crippen molar-refractivity contribution >= 4 is 16.9 Å². The van der Waals surface area contributed by atoms with E-state index in [4.69, 9.17) is 9.15 Å². The van der Waals surface area contributed by atoms with Gasteiger partial charge < -0.3 is 19.2 Å². The van der Waals surface area contributed by atoms with Gasteiger partial charge in [0, 0.05) is 6.54 Å². The second-order valence-electron chi connectivity index (χ2n) is 7.95. The van der Waals surface area contributed by atoms with Gasteiger partial charge in [0.25, 0.3) is 5.91 Å². The zero-order valence-electron chi connectivity index (χ0n) is 17.7. The molecule has 3 aromatic carbocycles. The second kappa shape index (κ2) is 7.57. The summed E-state index contributed by atoms with van der Waals surface area (Å²) in [5, 5.41) is 10.2. The Bertz CT molecular complexity index is 1390. The summed E-state index contributed by atoms with van der Waals surface area (Å²) in [5.74, 6) is 0.561. The number of benzene rings is 3. The molecule has 0 radical (unpaired) electrons. The summed E-state index contributed by atoms with van der Waals surface area (Å²) < 4.78 is 11.2. The lowest BCUT2D eigenvalue weighted by atomic mass is 9.98. The number of aromatic hydroxyl groups is 1. The number of hydrogen-bond donors (Lipinski definition) is 1. The molecule has 0 unspecified atom stereocenters.